The van der Waals surface area contributed by atoms with Crippen molar-refractivity contribution >= 4 is 15.9 Å². The third kappa shape index (κ3) is 5.70. The number of furan rings is 1. The molecule has 8 heteroatoms. The third-order valence-electron chi connectivity index (χ3n) is 3.47. The van der Waals surface area contributed by atoms with E-state index in [1.54, 1.807) is 18.4 Å². The molecule has 0 aliphatic rings. The van der Waals surface area contributed by atoms with E-state index in [1.807, 2.05) is 13.0 Å². The van der Waals surface area contributed by atoms with Gasteiger partial charge in [-0.3, -0.25) is 4.79 Å². The van der Waals surface area contributed by atoms with Crippen molar-refractivity contribution in [1.29, 1.82) is 0 Å². The Hall–Kier alpha value is -2.16. The summed E-state index contributed by atoms with van der Waals surface area (Å²) in [6, 6.07) is 9.37. The van der Waals surface area contributed by atoms with Crippen LogP contribution in [0.15, 0.2) is 52.0 Å². The molecule has 1 aromatic heterocycles. The summed E-state index contributed by atoms with van der Waals surface area (Å²) < 4.78 is 36.9. The monoisotopic (exact) mass is 366 g/mol. The molecule has 0 saturated heterocycles. The minimum absolute atomic E-state index is 0.0370. The second kappa shape index (κ2) is 8.80. The van der Waals surface area contributed by atoms with Gasteiger partial charge in [-0.25, -0.2) is 13.1 Å². The number of nitrogens with one attached hydrogen (secondary N) is 2. The Labute approximate surface area is 147 Å². The predicted octanol–water partition coefficient (Wildman–Crippen LogP) is 1.57. The summed E-state index contributed by atoms with van der Waals surface area (Å²) in [4.78, 5) is 12.4. The SMILES string of the molecule is COCCNS(=O)(=O)c1cccc(C(=O)NC(C)Cc2ccco2)c1. The van der Waals surface area contributed by atoms with E-state index >= 15 is 0 Å². The quantitative estimate of drug-likeness (QED) is 0.657. The maximum atomic E-state index is 12.3. The highest BCUT2D eigenvalue weighted by Gasteiger charge is 2.17. The van der Waals surface area contributed by atoms with Gasteiger partial charge in [0.25, 0.3) is 5.91 Å². The van der Waals surface area contributed by atoms with Gasteiger partial charge in [-0.2, -0.15) is 0 Å². The lowest BCUT2D eigenvalue weighted by Gasteiger charge is -2.13. The molecule has 0 saturated carbocycles. The topological polar surface area (TPSA) is 97.6 Å². The number of hydrogen-bond acceptors (Lipinski definition) is 5. The molecule has 25 heavy (non-hydrogen) atoms. The van der Waals surface area contributed by atoms with E-state index in [2.05, 4.69) is 10.0 Å². The maximum Gasteiger partial charge on any atom is 0.251 e. The molecule has 1 aromatic carbocycles. The standard InChI is InChI=1S/C17H22N2O5S/c1-13(11-15-6-4-9-24-15)19-17(20)14-5-3-7-16(12-14)25(21,22)18-8-10-23-2/h3-7,9,12-13,18H,8,10-11H2,1-2H3,(H,19,20). The number of rotatable bonds is 9. The summed E-state index contributed by atoms with van der Waals surface area (Å²) in [5.74, 6) is 0.430. The summed E-state index contributed by atoms with van der Waals surface area (Å²) >= 11 is 0. The Balaban J connectivity index is 2.03. The Morgan fingerprint density at radius 1 is 1.28 bits per heavy atom. The highest BCUT2D eigenvalue weighted by molar-refractivity contribution is 7.89. The molecule has 0 spiro atoms. The van der Waals surface area contributed by atoms with Crippen molar-refractivity contribution < 1.29 is 22.4 Å². The minimum atomic E-state index is -3.68. The van der Waals surface area contributed by atoms with E-state index in [0.29, 0.717) is 6.42 Å². The molecule has 0 aliphatic heterocycles. The van der Waals surface area contributed by atoms with Gasteiger partial charge in [0.1, 0.15) is 5.76 Å². The Morgan fingerprint density at radius 3 is 2.76 bits per heavy atom. The van der Waals surface area contributed by atoms with Crippen LogP contribution in [0.3, 0.4) is 0 Å². The number of benzene rings is 1. The lowest BCUT2D eigenvalue weighted by Crippen LogP contribution is -2.34. The lowest BCUT2D eigenvalue weighted by molar-refractivity contribution is 0.0939. The van der Waals surface area contributed by atoms with E-state index in [4.69, 9.17) is 9.15 Å². The van der Waals surface area contributed by atoms with Crippen LogP contribution in [0, 0.1) is 0 Å². The largest absolute Gasteiger partial charge is 0.469 e. The molecule has 0 fully saturated rings. The van der Waals surface area contributed by atoms with Crippen LogP contribution in [-0.2, 0) is 21.2 Å². The normalized spacial score (nSPS) is 12.7. The molecular weight excluding hydrogens is 344 g/mol. The molecule has 2 aromatic rings. The van der Waals surface area contributed by atoms with Gasteiger partial charge in [0, 0.05) is 31.7 Å². The molecule has 0 aliphatic carbocycles. The number of carbonyl (C=O) groups excluding carboxylic acids is 1. The first-order chi connectivity index (χ1) is 11.9. The van der Waals surface area contributed by atoms with E-state index in [0.717, 1.165) is 5.76 Å². The van der Waals surface area contributed by atoms with E-state index in [9.17, 15) is 13.2 Å². The van der Waals surface area contributed by atoms with Gasteiger partial charge in [-0.15, -0.1) is 0 Å². The summed E-state index contributed by atoms with van der Waals surface area (Å²) in [6.07, 6.45) is 2.13. The van der Waals surface area contributed by atoms with E-state index < -0.39 is 10.0 Å². The highest BCUT2D eigenvalue weighted by Crippen LogP contribution is 2.12. The molecule has 0 bridgehead atoms. The molecule has 2 N–H and O–H groups in total. The third-order valence-corrected chi connectivity index (χ3v) is 4.93. The van der Waals surface area contributed by atoms with Gasteiger partial charge in [-0.05, 0) is 37.3 Å². The number of methoxy groups -OCH3 is 1. The average Bonchev–Trinajstić information content (AvgIpc) is 3.08. The van der Waals surface area contributed by atoms with E-state index in [1.165, 1.54) is 25.3 Å². The van der Waals surface area contributed by atoms with Crippen LogP contribution in [-0.4, -0.2) is 40.6 Å². The fraction of sp³-hybridized carbons (Fsp3) is 0.353. The summed E-state index contributed by atoms with van der Waals surface area (Å²) in [5.41, 5.74) is 0.279. The fourth-order valence-corrected chi connectivity index (χ4v) is 3.31. The fourth-order valence-electron chi connectivity index (χ4n) is 2.25. The molecule has 1 unspecified atom stereocenters. The van der Waals surface area contributed by atoms with Gasteiger partial charge in [0.05, 0.1) is 17.8 Å². The highest BCUT2D eigenvalue weighted by atomic mass is 32.2. The number of carbonyl (C=O) groups is 1. The first kappa shape index (κ1) is 19.2. The van der Waals surface area contributed by atoms with Crippen LogP contribution in [0.1, 0.15) is 23.0 Å². The van der Waals surface area contributed by atoms with Gasteiger partial charge < -0.3 is 14.5 Å². The average molecular weight is 366 g/mol. The van der Waals surface area contributed by atoms with Gasteiger partial charge in [-0.1, -0.05) is 6.07 Å². The molecule has 2 rings (SSSR count). The van der Waals surface area contributed by atoms with Crippen LogP contribution >= 0.6 is 0 Å². The van der Waals surface area contributed by atoms with E-state index in [-0.39, 0.29) is 35.6 Å². The zero-order valence-corrected chi connectivity index (χ0v) is 15.0. The van der Waals surface area contributed by atoms with Crippen LogP contribution < -0.4 is 10.0 Å². The number of hydrogen-bond donors (Lipinski definition) is 2. The second-order valence-electron chi connectivity index (χ2n) is 5.58. The van der Waals surface area contributed by atoms with Crippen LogP contribution in [0.4, 0.5) is 0 Å². The smallest absolute Gasteiger partial charge is 0.251 e. The van der Waals surface area contributed by atoms with Crippen molar-refractivity contribution in [1.82, 2.24) is 10.0 Å². The van der Waals surface area contributed by atoms with Crippen LogP contribution in [0.2, 0.25) is 0 Å². The maximum absolute atomic E-state index is 12.3. The Morgan fingerprint density at radius 2 is 2.08 bits per heavy atom. The lowest BCUT2D eigenvalue weighted by atomic mass is 10.1. The van der Waals surface area contributed by atoms with Crippen molar-refractivity contribution in [3.8, 4) is 0 Å². The summed E-state index contributed by atoms with van der Waals surface area (Å²) in [6.45, 7) is 2.28. The molecule has 0 radical (unpaired) electrons. The van der Waals surface area contributed by atoms with Crippen molar-refractivity contribution in [2.75, 3.05) is 20.3 Å². The molecule has 1 atom stereocenters. The zero-order chi connectivity index (χ0) is 18.3. The van der Waals surface area contributed by atoms with Gasteiger partial charge in [0.2, 0.25) is 10.0 Å². The number of sulfonamides is 1. The first-order valence-electron chi connectivity index (χ1n) is 7.84. The second-order valence-corrected chi connectivity index (χ2v) is 7.34. The van der Waals surface area contributed by atoms with Crippen LogP contribution in [0.25, 0.3) is 0 Å². The van der Waals surface area contributed by atoms with Crippen molar-refractivity contribution in [3.63, 3.8) is 0 Å². The van der Waals surface area contributed by atoms with Crippen LogP contribution in [0.5, 0.6) is 0 Å². The van der Waals surface area contributed by atoms with Gasteiger partial charge >= 0.3 is 0 Å². The predicted molar refractivity (Wildman–Crippen MR) is 92.8 cm³/mol. The first-order valence-corrected chi connectivity index (χ1v) is 9.32. The molecule has 7 nitrogen and oxygen atoms in total. The Bertz CT molecular complexity index is 787. The zero-order valence-electron chi connectivity index (χ0n) is 14.2. The molecule has 136 valence electrons. The number of ether oxygens (including phenoxy) is 1. The van der Waals surface area contributed by atoms with Crippen molar-refractivity contribution in [2.45, 2.75) is 24.3 Å². The minimum Gasteiger partial charge on any atom is -0.469 e. The van der Waals surface area contributed by atoms with Crippen molar-refractivity contribution in [3.05, 3.63) is 54.0 Å². The Kier molecular flexibility index (Phi) is 6.74. The molecule has 1 heterocycles. The molecule has 1 amide bonds. The number of amides is 1. The van der Waals surface area contributed by atoms with Crippen molar-refractivity contribution in [2.24, 2.45) is 0 Å². The van der Waals surface area contributed by atoms with Gasteiger partial charge in [0.15, 0.2) is 0 Å². The summed E-state index contributed by atoms with van der Waals surface area (Å²) in [7, 11) is -2.19. The summed E-state index contributed by atoms with van der Waals surface area (Å²) in [5, 5.41) is 2.83. The molecular formula is C17H22N2O5S.